The summed E-state index contributed by atoms with van der Waals surface area (Å²) >= 11 is 0. The van der Waals surface area contributed by atoms with E-state index in [1.54, 1.807) is 64.1 Å². The number of fused-ring (bicyclic) bond motifs is 1. The smallest absolute Gasteiger partial charge is 0.229 e. The van der Waals surface area contributed by atoms with E-state index in [9.17, 15) is 5.11 Å². The second kappa shape index (κ2) is 8.23. The molecule has 0 aliphatic heterocycles. The van der Waals surface area contributed by atoms with E-state index in [0.29, 0.717) is 34.4 Å². The van der Waals surface area contributed by atoms with Crippen molar-refractivity contribution in [1.82, 2.24) is 15.0 Å². The Bertz CT molecular complexity index is 1240. The lowest BCUT2D eigenvalue weighted by molar-refractivity contribution is 0.324. The predicted octanol–water partition coefficient (Wildman–Crippen LogP) is 3.75. The molecule has 0 fully saturated rings. The van der Waals surface area contributed by atoms with E-state index in [2.05, 4.69) is 20.3 Å². The van der Waals surface area contributed by atoms with Crippen LogP contribution >= 0.6 is 0 Å². The number of ether oxygens (including phenoxy) is 3. The number of nitrogen functional groups attached to an aromatic ring is 1. The molecule has 0 aliphatic carbocycles. The number of aromatic hydroxyl groups is 1. The number of nitrogens with zero attached hydrogens (tertiary/aromatic N) is 3. The van der Waals surface area contributed by atoms with E-state index in [1.807, 2.05) is 6.07 Å². The summed E-state index contributed by atoms with van der Waals surface area (Å²) in [5.74, 6) is 2.24. The van der Waals surface area contributed by atoms with Crippen molar-refractivity contribution in [2.45, 2.75) is 0 Å². The Hall–Kier alpha value is -4.27. The van der Waals surface area contributed by atoms with Crippen molar-refractivity contribution < 1.29 is 19.3 Å². The number of phenolic OH excluding ortho intramolecular Hbond substituents is 1. The molecule has 2 aromatic heterocycles. The molecule has 4 rings (SSSR count). The monoisotopic (exact) mass is 419 g/mol. The summed E-state index contributed by atoms with van der Waals surface area (Å²) in [5.41, 5.74) is 8.99. The summed E-state index contributed by atoms with van der Waals surface area (Å²) in [5, 5.41) is 13.6. The highest BCUT2D eigenvalue weighted by molar-refractivity contribution is 5.86. The number of nitrogens with two attached hydrogens (primary N) is 1. The van der Waals surface area contributed by atoms with Crippen molar-refractivity contribution in [3.63, 3.8) is 0 Å². The van der Waals surface area contributed by atoms with Gasteiger partial charge in [0.05, 0.1) is 26.8 Å². The number of phenols is 1. The molecule has 0 unspecified atom stereocenters. The Morgan fingerprint density at radius 1 is 0.903 bits per heavy atom. The maximum atomic E-state index is 9.72. The fourth-order valence-corrected chi connectivity index (χ4v) is 3.23. The average molecular weight is 419 g/mol. The van der Waals surface area contributed by atoms with E-state index >= 15 is 0 Å². The standard InChI is InChI=1S/C22H21N5O4/c1-29-18-8-14(9-19(30-2)20(18)31-3)26-22-25-11-16(21(23)27-22)13-6-12-7-15(28)4-5-17(12)24-10-13/h4-11,28H,1-3H3,(H3,23,25,26,27). The zero-order valence-electron chi connectivity index (χ0n) is 17.2. The van der Waals surface area contributed by atoms with Crippen LogP contribution in [0, 0.1) is 0 Å². The zero-order chi connectivity index (χ0) is 22.0. The van der Waals surface area contributed by atoms with Crippen molar-refractivity contribution in [3.8, 4) is 34.1 Å². The predicted molar refractivity (Wildman–Crippen MR) is 118 cm³/mol. The van der Waals surface area contributed by atoms with Gasteiger partial charge in [-0.15, -0.1) is 0 Å². The van der Waals surface area contributed by atoms with Crippen LogP contribution < -0.4 is 25.3 Å². The van der Waals surface area contributed by atoms with Crippen LogP contribution in [0.3, 0.4) is 0 Å². The molecule has 4 aromatic rings. The minimum Gasteiger partial charge on any atom is -0.508 e. The molecule has 2 aromatic carbocycles. The Balaban J connectivity index is 1.65. The minimum atomic E-state index is 0.167. The number of methoxy groups -OCH3 is 3. The van der Waals surface area contributed by atoms with Gasteiger partial charge in [0.25, 0.3) is 0 Å². The van der Waals surface area contributed by atoms with Gasteiger partial charge in [0.15, 0.2) is 11.5 Å². The van der Waals surface area contributed by atoms with Gasteiger partial charge in [-0.2, -0.15) is 4.98 Å². The summed E-state index contributed by atoms with van der Waals surface area (Å²) in [6, 6.07) is 10.4. The first-order valence-electron chi connectivity index (χ1n) is 9.31. The summed E-state index contributed by atoms with van der Waals surface area (Å²) < 4.78 is 16.1. The third-order valence-corrected chi connectivity index (χ3v) is 4.71. The van der Waals surface area contributed by atoms with Gasteiger partial charge in [-0.1, -0.05) is 0 Å². The second-order valence-corrected chi connectivity index (χ2v) is 6.63. The number of rotatable bonds is 6. The summed E-state index contributed by atoms with van der Waals surface area (Å²) in [6.07, 6.45) is 3.31. The molecule has 2 heterocycles. The van der Waals surface area contributed by atoms with Crippen molar-refractivity contribution in [3.05, 3.63) is 48.8 Å². The van der Waals surface area contributed by atoms with Crippen LogP contribution in [0.4, 0.5) is 17.5 Å². The quantitative estimate of drug-likeness (QED) is 0.428. The molecule has 0 saturated heterocycles. The van der Waals surface area contributed by atoms with Gasteiger partial charge < -0.3 is 30.4 Å². The molecule has 4 N–H and O–H groups in total. The molecule has 0 spiro atoms. The second-order valence-electron chi connectivity index (χ2n) is 6.63. The van der Waals surface area contributed by atoms with Gasteiger partial charge in [-0.05, 0) is 24.3 Å². The van der Waals surface area contributed by atoms with Crippen LogP contribution in [0.1, 0.15) is 0 Å². The maximum absolute atomic E-state index is 9.72. The number of anilines is 3. The molecule has 9 nitrogen and oxygen atoms in total. The van der Waals surface area contributed by atoms with Gasteiger partial charge in [0.2, 0.25) is 11.7 Å². The third-order valence-electron chi connectivity index (χ3n) is 4.71. The lowest BCUT2D eigenvalue weighted by Crippen LogP contribution is -2.03. The topological polar surface area (TPSA) is 125 Å². The van der Waals surface area contributed by atoms with Crippen molar-refractivity contribution >= 4 is 28.4 Å². The molecule has 0 atom stereocenters. The minimum absolute atomic E-state index is 0.167. The molecule has 0 aliphatic rings. The third kappa shape index (κ3) is 3.93. The van der Waals surface area contributed by atoms with Gasteiger partial charge >= 0.3 is 0 Å². The highest BCUT2D eigenvalue weighted by Crippen LogP contribution is 2.40. The largest absolute Gasteiger partial charge is 0.508 e. The lowest BCUT2D eigenvalue weighted by Gasteiger charge is -2.15. The van der Waals surface area contributed by atoms with E-state index in [4.69, 9.17) is 19.9 Å². The Kier molecular flexibility index (Phi) is 5.31. The van der Waals surface area contributed by atoms with E-state index in [0.717, 1.165) is 16.5 Å². The van der Waals surface area contributed by atoms with Crippen LogP contribution in [-0.4, -0.2) is 41.4 Å². The maximum Gasteiger partial charge on any atom is 0.229 e. The van der Waals surface area contributed by atoms with Crippen LogP contribution in [0.5, 0.6) is 23.0 Å². The van der Waals surface area contributed by atoms with E-state index < -0.39 is 0 Å². The number of aromatic nitrogens is 3. The van der Waals surface area contributed by atoms with Gasteiger partial charge in [0.1, 0.15) is 11.6 Å². The highest BCUT2D eigenvalue weighted by Gasteiger charge is 2.15. The molecule has 31 heavy (non-hydrogen) atoms. The molecule has 0 saturated carbocycles. The molecule has 0 amide bonds. The molecule has 0 radical (unpaired) electrons. The van der Waals surface area contributed by atoms with Gasteiger partial charge in [0, 0.05) is 46.7 Å². The molecular formula is C22H21N5O4. The SMILES string of the molecule is COc1cc(Nc2ncc(-c3cnc4ccc(O)cc4c3)c(N)n2)cc(OC)c1OC. The fourth-order valence-electron chi connectivity index (χ4n) is 3.23. The first-order chi connectivity index (χ1) is 15.0. The summed E-state index contributed by atoms with van der Waals surface area (Å²) in [4.78, 5) is 13.1. The number of pyridine rings is 1. The first-order valence-corrected chi connectivity index (χ1v) is 9.31. The Labute approximate surface area is 178 Å². The highest BCUT2D eigenvalue weighted by atomic mass is 16.5. The fraction of sp³-hybridized carbons (Fsp3) is 0.136. The number of hydrogen-bond donors (Lipinski definition) is 3. The molecule has 158 valence electrons. The Morgan fingerprint density at radius 2 is 1.65 bits per heavy atom. The summed E-state index contributed by atoms with van der Waals surface area (Å²) in [6.45, 7) is 0. The van der Waals surface area contributed by atoms with Gasteiger partial charge in [-0.3, -0.25) is 4.98 Å². The van der Waals surface area contributed by atoms with E-state index in [1.165, 1.54) is 0 Å². The average Bonchev–Trinajstić information content (AvgIpc) is 2.78. The van der Waals surface area contributed by atoms with Crippen LogP contribution in [-0.2, 0) is 0 Å². The molecule has 0 bridgehead atoms. The van der Waals surface area contributed by atoms with E-state index in [-0.39, 0.29) is 11.6 Å². The van der Waals surface area contributed by atoms with Crippen molar-refractivity contribution in [2.24, 2.45) is 0 Å². The number of hydrogen-bond acceptors (Lipinski definition) is 9. The number of nitrogens with one attached hydrogen (secondary N) is 1. The zero-order valence-corrected chi connectivity index (χ0v) is 17.2. The van der Waals surface area contributed by atoms with Crippen LogP contribution in [0.2, 0.25) is 0 Å². The van der Waals surface area contributed by atoms with Gasteiger partial charge in [-0.25, -0.2) is 4.98 Å². The summed E-state index contributed by atoms with van der Waals surface area (Å²) in [7, 11) is 4.63. The first kappa shape index (κ1) is 20.0. The normalized spacial score (nSPS) is 10.7. The van der Waals surface area contributed by atoms with Crippen LogP contribution in [0.25, 0.3) is 22.0 Å². The Morgan fingerprint density at radius 3 is 2.29 bits per heavy atom. The van der Waals surface area contributed by atoms with Crippen molar-refractivity contribution in [1.29, 1.82) is 0 Å². The number of benzene rings is 2. The molecule has 9 heteroatoms. The molecular weight excluding hydrogens is 398 g/mol. The van der Waals surface area contributed by atoms with Crippen molar-refractivity contribution in [2.75, 3.05) is 32.4 Å². The lowest BCUT2D eigenvalue weighted by atomic mass is 10.1. The van der Waals surface area contributed by atoms with Crippen LogP contribution in [0.15, 0.2) is 48.8 Å².